The topological polar surface area (TPSA) is 63.1 Å². The summed E-state index contributed by atoms with van der Waals surface area (Å²) in [6.45, 7) is 6.19. The van der Waals surface area contributed by atoms with E-state index in [9.17, 15) is 4.79 Å². The van der Waals surface area contributed by atoms with Crippen molar-refractivity contribution in [3.05, 3.63) is 77.6 Å². The Kier molecular flexibility index (Phi) is 5.59. The Morgan fingerprint density at radius 2 is 2.03 bits per heavy atom. The van der Waals surface area contributed by atoms with Crippen LogP contribution in [0.3, 0.4) is 0 Å². The lowest BCUT2D eigenvalue weighted by molar-refractivity contribution is -0.117. The van der Waals surface area contributed by atoms with Crippen LogP contribution in [0.5, 0.6) is 0 Å². The molecule has 0 atom stereocenters. The SMILES string of the molecule is Cc1ccc(-n2cc(C3=CCN(CC(=O)Nc4nc5ccccc5s4)CC3)cn2)cc1C. The van der Waals surface area contributed by atoms with E-state index in [1.165, 1.54) is 28.0 Å². The minimum atomic E-state index is -0.0246. The zero-order valence-electron chi connectivity index (χ0n) is 18.2. The lowest BCUT2D eigenvalue weighted by Gasteiger charge is -2.25. The Bertz CT molecular complexity index is 1290. The number of nitrogens with zero attached hydrogens (tertiary/aromatic N) is 4. The number of aryl methyl sites for hydroxylation is 2. The second-order valence-corrected chi connectivity index (χ2v) is 9.22. The summed E-state index contributed by atoms with van der Waals surface area (Å²) in [5.74, 6) is -0.0246. The average molecular weight is 444 g/mol. The maximum Gasteiger partial charge on any atom is 0.240 e. The van der Waals surface area contributed by atoms with E-state index in [0.29, 0.717) is 11.7 Å². The van der Waals surface area contributed by atoms with Crippen molar-refractivity contribution in [1.82, 2.24) is 19.7 Å². The molecule has 4 aromatic rings. The van der Waals surface area contributed by atoms with Gasteiger partial charge in [-0.15, -0.1) is 0 Å². The van der Waals surface area contributed by atoms with Crippen LogP contribution in [0.1, 0.15) is 23.1 Å². The van der Waals surface area contributed by atoms with Crippen LogP contribution in [0.4, 0.5) is 5.13 Å². The molecule has 3 heterocycles. The van der Waals surface area contributed by atoms with E-state index >= 15 is 0 Å². The van der Waals surface area contributed by atoms with Crippen molar-refractivity contribution in [2.24, 2.45) is 0 Å². The van der Waals surface area contributed by atoms with E-state index in [0.717, 1.165) is 41.0 Å². The van der Waals surface area contributed by atoms with Crippen molar-refractivity contribution in [2.45, 2.75) is 20.3 Å². The smallest absolute Gasteiger partial charge is 0.240 e. The number of carbonyl (C=O) groups is 1. The molecule has 0 saturated heterocycles. The fourth-order valence-corrected chi connectivity index (χ4v) is 4.78. The van der Waals surface area contributed by atoms with Crippen LogP contribution in [0, 0.1) is 13.8 Å². The minimum absolute atomic E-state index is 0.0246. The third-order valence-corrected chi connectivity index (χ3v) is 6.86. The third-order valence-electron chi connectivity index (χ3n) is 5.91. The van der Waals surface area contributed by atoms with Gasteiger partial charge in [0.2, 0.25) is 5.91 Å². The molecule has 32 heavy (non-hydrogen) atoms. The molecule has 0 unspecified atom stereocenters. The van der Waals surface area contributed by atoms with Crippen LogP contribution >= 0.6 is 11.3 Å². The van der Waals surface area contributed by atoms with Crippen LogP contribution in [-0.2, 0) is 4.79 Å². The van der Waals surface area contributed by atoms with E-state index in [-0.39, 0.29) is 5.91 Å². The number of fused-ring (bicyclic) bond motifs is 1. The van der Waals surface area contributed by atoms with Crippen molar-refractivity contribution in [2.75, 3.05) is 25.0 Å². The van der Waals surface area contributed by atoms with Gasteiger partial charge in [0.25, 0.3) is 0 Å². The van der Waals surface area contributed by atoms with Crippen LogP contribution in [0.2, 0.25) is 0 Å². The summed E-state index contributed by atoms with van der Waals surface area (Å²) in [5, 5.41) is 8.16. The Labute approximate surface area is 191 Å². The summed E-state index contributed by atoms with van der Waals surface area (Å²) in [6, 6.07) is 14.3. The Morgan fingerprint density at radius 1 is 1.16 bits per heavy atom. The summed E-state index contributed by atoms with van der Waals surface area (Å²) in [7, 11) is 0. The number of rotatable bonds is 5. The van der Waals surface area contributed by atoms with Crippen molar-refractivity contribution in [3.8, 4) is 5.69 Å². The molecule has 2 aromatic heterocycles. The number of aromatic nitrogens is 3. The van der Waals surface area contributed by atoms with Gasteiger partial charge >= 0.3 is 0 Å². The highest BCUT2D eigenvalue weighted by Gasteiger charge is 2.18. The fourth-order valence-electron chi connectivity index (χ4n) is 3.90. The second-order valence-electron chi connectivity index (χ2n) is 8.19. The lowest BCUT2D eigenvalue weighted by Crippen LogP contribution is -2.36. The largest absolute Gasteiger partial charge is 0.301 e. The first-order valence-corrected chi connectivity index (χ1v) is 11.6. The molecule has 1 aliphatic heterocycles. The third kappa shape index (κ3) is 4.35. The molecule has 1 aliphatic rings. The zero-order valence-corrected chi connectivity index (χ0v) is 19.0. The molecule has 2 aromatic carbocycles. The lowest BCUT2D eigenvalue weighted by atomic mass is 10.0. The highest BCUT2D eigenvalue weighted by molar-refractivity contribution is 7.22. The number of hydrogen-bond donors (Lipinski definition) is 1. The number of para-hydroxylation sites is 1. The number of benzene rings is 2. The molecule has 0 fully saturated rings. The molecule has 7 heteroatoms. The zero-order chi connectivity index (χ0) is 22.1. The van der Waals surface area contributed by atoms with E-state index < -0.39 is 0 Å². The monoisotopic (exact) mass is 443 g/mol. The molecule has 0 spiro atoms. The molecule has 162 valence electrons. The van der Waals surface area contributed by atoms with Crippen molar-refractivity contribution < 1.29 is 4.79 Å². The average Bonchev–Trinajstić information content (AvgIpc) is 3.43. The normalized spacial score (nSPS) is 14.5. The van der Waals surface area contributed by atoms with Gasteiger partial charge in [-0.2, -0.15) is 5.10 Å². The van der Waals surface area contributed by atoms with Gasteiger partial charge in [0.15, 0.2) is 5.13 Å². The standard InChI is InChI=1S/C25H25N5OS/c1-17-7-8-21(13-18(17)2)30-15-20(14-26-30)19-9-11-29(12-10-19)16-24(31)28-25-27-22-5-3-4-6-23(22)32-25/h3-9,13-15H,10-12,16H2,1-2H3,(H,27,28,31). The summed E-state index contributed by atoms with van der Waals surface area (Å²) < 4.78 is 3.01. The first-order valence-electron chi connectivity index (χ1n) is 10.7. The second kappa shape index (κ2) is 8.68. The van der Waals surface area contributed by atoms with Crippen molar-refractivity contribution >= 4 is 38.2 Å². The number of nitrogens with one attached hydrogen (secondary N) is 1. The van der Waals surface area contributed by atoms with E-state index in [4.69, 9.17) is 0 Å². The molecule has 0 saturated carbocycles. The first-order chi connectivity index (χ1) is 15.5. The van der Waals surface area contributed by atoms with Crippen LogP contribution in [0.15, 0.2) is 60.9 Å². The number of thiazole rings is 1. The van der Waals surface area contributed by atoms with Gasteiger partial charge in [0, 0.05) is 24.8 Å². The van der Waals surface area contributed by atoms with Crippen LogP contribution < -0.4 is 5.32 Å². The molecule has 5 rings (SSSR count). The van der Waals surface area contributed by atoms with Gasteiger partial charge in [-0.25, -0.2) is 9.67 Å². The van der Waals surface area contributed by atoms with Gasteiger partial charge in [-0.1, -0.05) is 35.6 Å². The number of amides is 1. The van der Waals surface area contributed by atoms with Gasteiger partial charge in [0.05, 0.1) is 28.6 Å². The highest BCUT2D eigenvalue weighted by Crippen LogP contribution is 2.26. The Morgan fingerprint density at radius 3 is 2.81 bits per heavy atom. The van der Waals surface area contributed by atoms with Gasteiger partial charge in [0.1, 0.15) is 0 Å². The molecule has 0 bridgehead atoms. The van der Waals surface area contributed by atoms with Crippen molar-refractivity contribution in [1.29, 1.82) is 0 Å². The predicted molar refractivity (Wildman–Crippen MR) is 130 cm³/mol. The first kappa shape index (κ1) is 20.6. The number of hydrogen-bond acceptors (Lipinski definition) is 5. The maximum absolute atomic E-state index is 12.5. The quantitative estimate of drug-likeness (QED) is 0.480. The molecule has 0 radical (unpaired) electrons. The van der Waals surface area contributed by atoms with Crippen molar-refractivity contribution in [3.63, 3.8) is 0 Å². The predicted octanol–water partition coefficient (Wildman–Crippen LogP) is 4.83. The number of anilines is 1. The maximum atomic E-state index is 12.5. The summed E-state index contributed by atoms with van der Waals surface area (Å²) >= 11 is 1.50. The van der Waals surface area contributed by atoms with Crippen LogP contribution in [-0.4, -0.2) is 45.2 Å². The minimum Gasteiger partial charge on any atom is -0.301 e. The summed E-state index contributed by atoms with van der Waals surface area (Å²) in [6.07, 6.45) is 7.12. The molecular weight excluding hydrogens is 418 g/mol. The highest BCUT2D eigenvalue weighted by atomic mass is 32.1. The van der Waals surface area contributed by atoms with E-state index in [1.807, 2.05) is 35.1 Å². The molecule has 1 amide bonds. The van der Waals surface area contributed by atoms with E-state index in [2.05, 4.69) is 64.6 Å². The van der Waals surface area contributed by atoms with E-state index in [1.54, 1.807) is 0 Å². The number of carbonyl (C=O) groups excluding carboxylic acids is 1. The molecular formula is C25H25N5OS. The molecule has 6 nitrogen and oxygen atoms in total. The fraction of sp³-hybridized carbons (Fsp3) is 0.240. The van der Waals surface area contributed by atoms with Gasteiger partial charge in [-0.05, 0) is 61.2 Å². The van der Waals surface area contributed by atoms with Crippen LogP contribution in [0.25, 0.3) is 21.5 Å². The molecule has 1 N–H and O–H groups in total. The Hall–Kier alpha value is -3.29. The van der Waals surface area contributed by atoms with Gasteiger partial charge < -0.3 is 5.32 Å². The van der Waals surface area contributed by atoms with Gasteiger partial charge in [-0.3, -0.25) is 9.69 Å². The summed E-state index contributed by atoms with van der Waals surface area (Å²) in [4.78, 5) is 19.1. The Balaban J connectivity index is 1.20. The molecule has 0 aliphatic carbocycles. The summed E-state index contributed by atoms with van der Waals surface area (Å²) in [5.41, 5.74) is 6.95.